The molecule has 14 heteroatoms. The maximum Gasteiger partial charge on any atom is 0.573 e. The second kappa shape index (κ2) is 12.1. The number of nitro groups is 1. The van der Waals surface area contributed by atoms with Gasteiger partial charge in [0.2, 0.25) is 0 Å². The van der Waals surface area contributed by atoms with E-state index in [0.717, 1.165) is 33.9 Å². The smallest absolute Gasteiger partial charge is 0.507 e. The van der Waals surface area contributed by atoms with Crippen LogP contribution in [0.1, 0.15) is 42.5 Å². The number of aliphatic hydroxyl groups is 1. The van der Waals surface area contributed by atoms with Crippen LogP contribution in [0.25, 0.3) is 5.76 Å². The number of thiazole rings is 1. The molecule has 2 heterocycles. The summed E-state index contributed by atoms with van der Waals surface area (Å²) in [5.41, 5.74) is 1.17. The normalized spacial score (nSPS) is 16.5. The van der Waals surface area contributed by atoms with Gasteiger partial charge in [-0.1, -0.05) is 73.3 Å². The Morgan fingerprint density at radius 1 is 1.05 bits per heavy atom. The summed E-state index contributed by atoms with van der Waals surface area (Å²) in [5, 5.41) is 22.4. The molecule has 4 aromatic rings. The lowest BCUT2D eigenvalue weighted by Gasteiger charge is -2.23. The van der Waals surface area contributed by atoms with Gasteiger partial charge in [-0.2, -0.15) is 0 Å². The van der Waals surface area contributed by atoms with E-state index in [4.69, 9.17) is 0 Å². The number of ketones is 1. The van der Waals surface area contributed by atoms with Crippen molar-refractivity contribution in [2.24, 2.45) is 0 Å². The molecule has 0 spiro atoms. The van der Waals surface area contributed by atoms with Crippen molar-refractivity contribution in [3.8, 4) is 5.75 Å². The number of halogens is 3. The Hall–Kier alpha value is -4.69. The lowest BCUT2D eigenvalue weighted by atomic mass is 9.94. The topological polar surface area (TPSA) is 123 Å². The predicted octanol–water partition coefficient (Wildman–Crippen LogP) is 7.85. The first-order valence-corrected chi connectivity index (χ1v) is 14.6. The highest BCUT2D eigenvalue weighted by atomic mass is 32.2. The molecule has 1 aliphatic heterocycles. The molecule has 1 N–H and O–H groups in total. The number of carbonyl (C=O) groups is 2. The number of hydrogen-bond acceptors (Lipinski definition) is 9. The second-order valence-electron chi connectivity index (χ2n) is 9.88. The first-order valence-electron chi connectivity index (χ1n) is 13.0. The Morgan fingerprint density at radius 3 is 2.25 bits per heavy atom. The van der Waals surface area contributed by atoms with Gasteiger partial charge in [0.15, 0.2) is 5.13 Å². The van der Waals surface area contributed by atoms with Crippen LogP contribution in [0, 0.1) is 10.1 Å². The highest BCUT2D eigenvalue weighted by Crippen LogP contribution is 2.45. The molecule has 226 valence electrons. The maximum absolute atomic E-state index is 13.5. The lowest BCUT2D eigenvalue weighted by molar-refractivity contribution is -0.384. The molecule has 1 saturated heterocycles. The van der Waals surface area contributed by atoms with Gasteiger partial charge in [0.1, 0.15) is 11.5 Å². The Labute approximate surface area is 256 Å². The third-order valence-electron chi connectivity index (χ3n) is 6.67. The van der Waals surface area contributed by atoms with Gasteiger partial charge in [-0.25, -0.2) is 4.98 Å². The van der Waals surface area contributed by atoms with Crippen molar-refractivity contribution in [2.45, 2.75) is 41.3 Å². The van der Waals surface area contributed by atoms with E-state index in [1.54, 1.807) is 36.4 Å². The fourth-order valence-corrected chi connectivity index (χ4v) is 6.51. The number of carbonyl (C=O) groups excluding carboxylic acids is 2. The van der Waals surface area contributed by atoms with Crippen molar-refractivity contribution in [2.75, 3.05) is 4.90 Å². The minimum absolute atomic E-state index is 0.0759. The van der Waals surface area contributed by atoms with E-state index in [-0.39, 0.29) is 33.4 Å². The van der Waals surface area contributed by atoms with Crippen LogP contribution in [0.4, 0.5) is 24.0 Å². The monoisotopic (exact) mass is 641 g/mol. The summed E-state index contributed by atoms with van der Waals surface area (Å²) in [6.45, 7) is 3.99. The number of nitrogens with zero attached hydrogens (tertiary/aromatic N) is 3. The summed E-state index contributed by atoms with van der Waals surface area (Å²) >= 11 is 2.29. The van der Waals surface area contributed by atoms with Crippen LogP contribution in [0.2, 0.25) is 0 Å². The van der Waals surface area contributed by atoms with Crippen molar-refractivity contribution in [3.63, 3.8) is 0 Å². The predicted molar refractivity (Wildman–Crippen MR) is 158 cm³/mol. The average molecular weight is 642 g/mol. The summed E-state index contributed by atoms with van der Waals surface area (Å²) in [6, 6.07) is 16.1. The number of Topliss-reactive ketones (excluding diaryl/α,β-unsaturated/α-hetero) is 1. The number of non-ortho nitro benzene ring substituents is 1. The Morgan fingerprint density at radius 2 is 1.68 bits per heavy atom. The molecule has 0 saturated carbocycles. The number of benzene rings is 3. The zero-order valence-corrected chi connectivity index (χ0v) is 24.6. The molecule has 0 bridgehead atoms. The van der Waals surface area contributed by atoms with Crippen molar-refractivity contribution in [3.05, 3.63) is 111 Å². The van der Waals surface area contributed by atoms with Crippen molar-refractivity contribution in [1.29, 1.82) is 0 Å². The summed E-state index contributed by atoms with van der Waals surface area (Å²) < 4.78 is 42.9. The lowest BCUT2D eigenvalue weighted by Crippen LogP contribution is -2.29. The third-order valence-corrected chi connectivity index (χ3v) is 8.77. The number of anilines is 1. The van der Waals surface area contributed by atoms with Crippen LogP contribution < -0.4 is 9.64 Å². The molecule has 0 radical (unpaired) electrons. The van der Waals surface area contributed by atoms with Crippen molar-refractivity contribution >= 4 is 51.4 Å². The van der Waals surface area contributed by atoms with Crippen molar-refractivity contribution < 1.29 is 37.5 Å². The van der Waals surface area contributed by atoms with Crippen LogP contribution in [-0.4, -0.2) is 33.1 Å². The van der Waals surface area contributed by atoms with Gasteiger partial charge in [-0.3, -0.25) is 24.6 Å². The van der Waals surface area contributed by atoms with Gasteiger partial charge < -0.3 is 9.84 Å². The summed E-state index contributed by atoms with van der Waals surface area (Å²) in [7, 11) is 0. The molecule has 44 heavy (non-hydrogen) atoms. The number of amides is 1. The molecule has 1 aromatic heterocycles. The van der Waals surface area contributed by atoms with Gasteiger partial charge in [-0.05, 0) is 41.3 Å². The molecule has 1 fully saturated rings. The van der Waals surface area contributed by atoms with Gasteiger partial charge in [0.05, 0.1) is 26.9 Å². The Balaban J connectivity index is 1.55. The van der Waals surface area contributed by atoms with Gasteiger partial charge >= 0.3 is 12.3 Å². The minimum atomic E-state index is -4.92. The molecule has 1 amide bonds. The van der Waals surface area contributed by atoms with E-state index in [0.29, 0.717) is 9.10 Å². The summed E-state index contributed by atoms with van der Waals surface area (Å²) in [5.74, 6) is -2.71. The molecular formula is C30H22F3N3O6S2. The van der Waals surface area contributed by atoms with Gasteiger partial charge in [0, 0.05) is 22.6 Å². The van der Waals surface area contributed by atoms with Crippen LogP contribution in [0.3, 0.4) is 0 Å². The molecule has 1 unspecified atom stereocenters. The van der Waals surface area contributed by atoms with Crippen LogP contribution in [-0.2, 0) is 9.59 Å². The van der Waals surface area contributed by atoms with E-state index >= 15 is 0 Å². The highest BCUT2D eigenvalue weighted by Gasteiger charge is 2.48. The first-order chi connectivity index (χ1) is 20.8. The van der Waals surface area contributed by atoms with E-state index in [2.05, 4.69) is 9.72 Å². The maximum atomic E-state index is 13.5. The number of rotatable bonds is 8. The highest BCUT2D eigenvalue weighted by molar-refractivity contribution is 8.01. The minimum Gasteiger partial charge on any atom is -0.507 e. The molecule has 5 rings (SSSR count). The molecular weight excluding hydrogens is 619 g/mol. The number of alkyl halides is 3. The number of aliphatic hydroxyl groups excluding tert-OH is 1. The van der Waals surface area contributed by atoms with E-state index in [1.165, 1.54) is 42.2 Å². The standard InChI is InChI=1S/C30H22F3N3O6S2/c1-16(2)17-3-5-19(6-4-17)26(37)24-25(18-7-11-21(12-8-18)42-30(31,32)33)35(28(39)27(24)38)29-34-15-23(44-29)43-22-13-9-20(10-14-22)36(40)41/h3-16,25,37H,1-2H3. The number of aromatic nitrogens is 1. The van der Waals surface area contributed by atoms with E-state index in [9.17, 15) is 38.0 Å². The van der Waals surface area contributed by atoms with Crippen LogP contribution in [0.15, 0.2) is 93.7 Å². The third kappa shape index (κ3) is 6.45. The second-order valence-corrected chi connectivity index (χ2v) is 12.3. The summed E-state index contributed by atoms with van der Waals surface area (Å²) in [6.07, 6.45) is -3.45. The average Bonchev–Trinajstić information content (AvgIpc) is 3.54. The first kappa shape index (κ1) is 30.8. The fourth-order valence-electron chi connectivity index (χ4n) is 4.54. The van der Waals surface area contributed by atoms with Crippen LogP contribution in [0.5, 0.6) is 5.75 Å². The molecule has 0 aliphatic carbocycles. The Bertz CT molecular complexity index is 1750. The van der Waals surface area contributed by atoms with E-state index < -0.39 is 40.5 Å². The molecule has 1 atom stereocenters. The molecule has 3 aromatic carbocycles. The molecule has 1 aliphatic rings. The number of ether oxygens (including phenoxy) is 1. The fraction of sp³-hybridized carbons (Fsp3) is 0.167. The van der Waals surface area contributed by atoms with Crippen molar-refractivity contribution in [1.82, 2.24) is 4.98 Å². The zero-order valence-electron chi connectivity index (χ0n) is 22.9. The Kier molecular flexibility index (Phi) is 8.48. The largest absolute Gasteiger partial charge is 0.573 e. The number of nitro benzene ring substituents is 1. The van der Waals surface area contributed by atoms with E-state index in [1.807, 2.05) is 13.8 Å². The molecule has 9 nitrogen and oxygen atoms in total. The van der Waals surface area contributed by atoms with Gasteiger partial charge in [0.25, 0.3) is 11.5 Å². The zero-order chi connectivity index (χ0) is 31.8. The summed E-state index contributed by atoms with van der Waals surface area (Å²) in [4.78, 5) is 43.4. The quantitative estimate of drug-likeness (QED) is 0.0679. The van der Waals surface area contributed by atoms with Gasteiger partial charge in [-0.15, -0.1) is 13.2 Å². The van der Waals surface area contributed by atoms with Crippen LogP contribution >= 0.6 is 23.1 Å². The number of hydrogen-bond donors (Lipinski definition) is 1. The SMILES string of the molecule is CC(C)c1ccc(C(O)=C2C(=O)C(=O)N(c3ncc(Sc4ccc([N+](=O)[O-])cc4)s3)C2c2ccc(OC(F)(F)F)cc2)cc1.